The summed E-state index contributed by atoms with van der Waals surface area (Å²) in [6, 6.07) is 15.7. The van der Waals surface area contributed by atoms with Crippen LogP contribution in [0.4, 0.5) is 0 Å². The van der Waals surface area contributed by atoms with Gasteiger partial charge in [-0.05, 0) is 69.7 Å². The lowest BCUT2D eigenvalue weighted by Gasteiger charge is -2.25. The molecule has 2 aromatic heterocycles. The fraction of sp³-hybridized carbons (Fsp3) is 0.250. The first-order chi connectivity index (χ1) is 20.2. The summed E-state index contributed by atoms with van der Waals surface area (Å²) in [7, 11) is 2.91. The number of fused-ring (bicyclic) bond motifs is 1. The van der Waals surface area contributed by atoms with E-state index in [2.05, 4.69) is 4.99 Å². The van der Waals surface area contributed by atoms with Gasteiger partial charge in [-0.15, -0.1) is 0 Å². The molecule has 0 fully saturated rings. The van der Waals surface area contributed by atoms with Crippen molar-refractivity contribution < 1.29 is 23.8 Å². The summed E-state index contributed by atoms with van der Waals surface area (Å²) in [6.45, 7) is 7.61. The van der Waals surface area contributed by atoms with Crippen molar-refractivity contribution in [3.8, 4) is 11.4 Å². The summed E-state index contributed by atoms with van der Waals surface area (Å²) in [5.74, 6) is -0.393. The predicted molar refractivity (Wildman–Crippen MR) is 160 cm³/mol. The summed E-state index contributed by atoms with van der Waals surface area (Å²) < 4.78 is 19.9. The monoisotopic (exact) mass is 585 g/mol. The molecule has 4 aromatic rings. The zero-order valence-electron chi connectivity index (χ0n) is 24.3. The van der Waals surface area contributed by atoms with Gasteiger partial charge in [-0.3, -0.25) is 9.36 Å². The molecule has 0 saturated heterocycles. The molecular weight excluding hydrogens is 554 g/mol. The van der Waals surface area contributed by atoms with E-state index in [1.54, 1.807) is 49.8 Å². The highest BCUT2D eigenvalue weighted by atomic mass is 32.1. The third-order valence-electron chi connectivity index (χ3n) is 7.23. The van der Waals surface area contributed by atoms with Crippen LogP contribution in [0.5, 0.6) is 5.75 Å². The van der Waals surface area contributed by atoms with Gasteiger partial charge in [0.15, 0.2) is 4.80 Å². The van der Waals surface area contributed by atoms with Gasteiger partial charge in [0.2, 0.25) is 0 Å². The molecule has 9 nitrogen and oxygen atoms in total. The van der Waals surface area contributed by atoms with Gasteiger partial charge in [0, 0.05) is 22.6 Å². The van der Waals surface area contributed by atoms with E-state index in [-0.39, 0.29) is 12.2 Å². The molecule has 10 heteroatoms. The average Bonchev–Trinajstić information content (AvgIpc) is 3.45. The highest BCUT2D eigenvalue weighted by Gasteiger charge is 2.35. The number of rotatable bonds is 7. The van der Waals surface area contributed by atoms with Crippen LogP contribution < -0.4 is 19.6 Å². The number of allylic oxidation sites excluding steroid dienone is 1. The maximum absolute atomic E-state index is 14.1. The molecule has 0 saturated carbocycles. The van der Waals surface area contributed by atoms with E-state index in [1.165, 1.54) is 18.4 Å². The van der Waals surface area contributed by atoms with E-state index in [0.29, 0.717) is 37.5 Å². The van der Waals surface area contributed by atoms with Crippen LogP contribution in [-0.4, -0.2) is 41.9 Å². The SMILES string of the molecule is CCOC(=O)C1=C(C)N=c2s/c(=C/c3cc(C)n(-c4cccc(C(=O)OC)c4)c3C)c(=O)n2[C@@H]1c1ccccc1OC. The number of carbonyl (C=O) groups is 2. The Morgan fingerprint density at radius 2 is 1.79 bits per heavy atom. The second-order valence-electron chi connectivity index (χ2n) is 9.75. The second kappa shape index (κ2) is 11.7. The quantitative estimate of drug-likeness (QED) is 0.304. The topological polar surface area (TPSA) is 101 Å². The van der Waals surface area contributed by atoms with Gasteiger partial charge in [-0.1, -0.05) is 35.6 Å². The predicted octanol–water partition coefficient (Wildman–Crippen LogP) is 4.00. The number of thiazole rings is 1. The molecule has 0 spiro atoms. The highest BCUT2D eigenvalue weighted by molar-refractivity contribution is 7.07. The molecule has 42 heavy (non-hydrogen) atoms. The number of aryl methyl sites for hydroxylation is 1. The summed E-state index contributed by atoms with van der Waals surface area (Å²) >= 11 is 1.26. The Bertz CT molecular complexity index is 1930. The average molecular weight is 586 g/mol. The lowest BCUT2D eigenvalue weighted by Crippen LogP contribution is -2.40. The third-order valence-corrected chi connectivity index (χ3v) is 8.22. The van der Waals surface area contributed by atoms with Crippen LogP contribution in [0.25, 0.3) is 11.8 Å². The molecule has 0 aliphatic carbocycles. The molecule has 0 radical (unpaired) electrons. The molecular formula is C32H31N3O6S. The fourth-order valence-corrected chi connectivity index (χ4v) is 6.38. The Morgan fingerprint density at radius 1 is 1.02 bits per heavy atom. The summed E-state index contributed by atoms with van der Waals surface area (Å²) in [5.41, 5.74) is 5.09. The van der Waals surface area contributed by atoms with Crippen molar-refractivity contribution in [1.29, 1.82) is 0 Å². The van der Waals surface area contributed by atoms with Crippen LogP contribution >= 0.6 is 11.3 Å². The molecule has 1 atom stereocenters. The van der Waals surface area contributed by atoms with Crippen molar-refractivity contribution >= 4 is 29.4 Å². The van der Waals surface area contributed by atoms with Crippen molar-refractivity contribution in [2.24, 2.45) is 4.99 Å². The molecule has 2 aromatic carbocycles. The van der Waals surface area contributed by atoms with Crippen LogP contribution in [0, 0.1) is 13.8 Å². The molecule has 0 amide bonds. The normalized spacial score (nSPS) is 14.8. The van der Waals surface area contributed by atoms with Gasteiger partial charge < -0.3 is 18.8 Å². The molecule has 0 bridgehead atoms. The van der Waals surface area contributed by atoms with Crippen molar-refractivity contribution in [2.45, 2.75) is 33.7 Å². The minimum atomic E-state index is -0.771. The number of methoxy groups -OCH3 is 2. The van der Waals surface area contributed by atoms with Gasteiger partial charge in [-0.2, -0.15) is 0 Å². The fourth-order valence-electron chi connectivity index (χ4n) is 5.34. The van der Waals surface area contributed by atoms with Crippen molar-refractivity contribution in [3.63, 3.8) is 0 Å². The van der Waals surface area contributed by atoms with Gasteiger partial charge in [0.1, 0.15) is 11.8 Å². The van der Waals surface area contributed by atoms with Crippen LogP contribution in [0.2, 0.25) is 0 Å². The molecule has 0 N–H and O–H groups in total. The number of aromatic nitrogens is 2. The second-order valence-corrected chi connectivity index (χ2v) is 10.8. The number of carbonyl (C=O) groups excluding carboxylic acids is 2. The number of esters is 2. The summed E-state index contributed by atoms with van der Waals surface area (Å²) in [6.07, 6.45) is 1.84. The minimum Gasteiger partial charge on any atom is -0.496 e. The Hall–Kier alpha value is -4.70. The molecule has 216 valence electrons. The highest BCUT2D eigenvalue weighted by Crippen LogP contribution is 2.35. The number of hydrogen-bond acceptors (Lipinski definition) is 8. The van der Waals surface area contributed by atoms with Crippen LogP contribution in [0.3, 0.4) is 0 Å². The van der Waals surface area contributed by atoms with Gasteiger partial charge in [0.05, 0.1) is 42.2 Å². The van der Waals surface area contributed by atoms with Crippen LogP contribution in [-0.2, 0) is 14.3 Å². The number of ether oxygens (including phenoxy) is 3. The summed E-state index contributed by atoms with van der Waals surface area (Å²) in [4.78, 5) is 44.5. The largest absolute Gasteiger partial charge is 0.496 e. The van der Waals surface area contributed by atoms with Gasteiger partial charge in [-0.25, -0.2) is 14.6 Å². The van der Waals surface area contributed by atoms with E-state index >= 15 is 0 Å². The third kappa shape index (κ3) is 4.98. The van der Waals surface area contributed by atoms with E-state index in [0.717, 1.165) is 22.6 Å². The maximum atomic E-state index is 14.1. The van der Waals surface area contributed by atoms with Crippen molar-refractivity contribution in [2.75, 3.05) is 20.8 Å². The van der Waals surface area contributed by atoms with E-state index in [9.17, 15) is 14.4 Å². The smallest absolute Gasteiger partial charge is 0.338 e. The van der Waals surface area contributed by atoms with E-state index in [1.807, 2.05) is 54.8 Å². The van der Waals surface area contributed by atoms with E-state index in [4.69, 9.17) is 14.2 Å². The Morgan fingerprint density at radius 3 is 2.50 bits per heavy atom. The molecule has 0 unspecified atom stereocenters. The summed E-state index contributed by atoms with van der Waals surface area (Å²) in [5, 5.41) is 0. The molecule has 1 aliphatic heterocycles. The molecule has 5 rings (SSSR count). The molecule has 1 aliphatic rings. The van der Waals surface area contributed by atoms with Crippen LogP contribution in [0.1, 0.15) is 52.8 Å². The lowest BCUT2D eigenvalue weighted by molar-refractivity contribution is -0.139. The van der Waals surface area contributed by atoms with E-state index < -0.39 is 18.0 Å². The zero-order valence-corrected chi connectivity index (χ0v) is 25.1. The van der Waals surface area contributed by atoms with Gasteiger partial charge >= 0.3 is 11.9 Å². The number of para-hydroxylation sites is 1. The zero-order chi connectivity index (χ0) is 30.1. The maximum Gasteiger partial charge on any atom is 0.338 e. The first-order valence-electron chi connectivity index (χ1n) is 13.4. The number of hydrogen-bond donors (Lipinski definition) is 0. The van der Waals surface area contributed by atoms with Crippen molar-refractivity contribution in [3.05, 3.63) is 114 Å². The molecule has 3 heterocycles. The first-order valence-corrected chi connectivity index (χ1v) is 14.2. The van der Waals surface area contributed by atoms with Crippen molar-refractivity contribution in [1.82, 2.24) is 9.13 Å². The first kappa shape index (κ1) is 28.8. The van der Waals surface area contributed by atoms with Gasteiger partial charge in [0.25, 0.3) is 5.56 Å². The number of benzene rings is 2. The minimum absolute atomic E-state index is 0.191. The standard InChI is InChI=1S/C32H31N3O6S/c1-7-41-31(38)27-19(3)33-32-35(28(27)24-13-8-9-14-25(24)39-5)29(36)26(42-32)17-22-15-18(2)34(20(22)4)23-12-10-11-21(16-23)30(37)40-6/h8-17,28H,7H2,1-6H3/b26-17+/t28-/m1/s1. The Labute approximate surface area is 246 Å². The lowest BCUT2D eigenvalue weighted by atomic mass is 9.95. The number of nitrogens with zero attached hydrogens (tertiary/aromatic N) is 3. The van der Waals surface area contributed by atoms with Crippen LogP contribution in [0.15, 0.2) is 75.7 Å². The Kier molecular flexibility index (Phi) is 8.00. The Balaban J connectivity index is 1.69.